The first-order valence-electron chi connectivity index (χ1n) is 8.66. The van der Waals surface area contributed by atoms with Gasteiger partial charge in [-0.3, -0.25) is 0 Å². The number of anilines is 1. The Kier molecular flexibility index (Phi) is 4.32. The van der Waals surface area contributed by atoms with Crippen LogP contribution in [0.15, 0.2) is 43.1 Å². The number of hydrogen-bond donors (Lipinski definition) is 1. The van der Waals surface area contributed by atoms with Gasteiger partial charge in [0, 0.05) is 24.8 Å². The molecule has 1 aromatic carbocycles. The first-order chi connectivity index (χ1) is 12.2. The van der Waals surface area contributed by atoms with Gasteiger partial charge in [-0.25, -0.2) is 4.98 Å². The Labute approximate surface area is 147 Å². The second-order valence-electron chi connectivity index (χ2n) is 6.53. The van der Waals surface area contributed by atoms with Gasteiger partial charge < -0.3 is 19.5 Å². The molecule has 2 fully saturated rings. The van der Waals surface area contributed by atoms with E-state index in [0.29, 0.717) is 30.1 Å². The summed E-state index contributed by atoms with van der Waals surface area (Å²) in [5.41, 5.74) is 1.64. The molecule has 5 nitrogen and oxygen atoms in total. The standard InChI is InChI=1S/C20H22N2O3/c1-2-17-18(23)6-3-7-19(17)24-13-14-5-4-10-21-20(14)22-11-15-8-9-16(12-22)25-15/h2-7,10,15-16,23H,1,8-9,11-13H2. The maximum atomic E-state index is 9.93. The minimum atomic E-state index is 0.170. The number of benzene rings is 1. The molecule has 1 N–H and O–H groups in total. The molecule has 2 aliphatic heterocycles. The van der Waals surface area contributed by atoms with Crippen molar-refractivity contribution in [1.82, 2.24) is 4.98 Å². The van der Waals surface area contributed by atoms with Crippen LogP contribution in [-0.2, 0) is 11.3 Å². The highest BCUT2D eigenvalue weighted by Gasteiger charge is 2.34. The van der Waals surface area contributed by atoms with Gasteiger partial charge in [-0.2, -0.15) is 0 Å². The Morgan fingerprint density at radius 1 is 1.24 bits per heavy atom. The van der Waals surface area contributed by atoms with Crippen molar-refractivity contribution >= 4 is 11.9 Å². The van der Waals surface area contributed by atoms with Gasteiger partial charge in [0.15, 0.2) is 0 Å². The molecule has 2 atom stereocenters. The van der Waals surface area contributed by atoms with Gasteiger partial charge in [-0.1, -0.05) is 24.8 Å². The van der Waals surface area contributed by atoms with Crippen molar-refractivity contribution in [2.75, 3.05) is 18.0 Å². The quantitative estimate of drug-likeness (QED) is 0.906. The van der Waals surface area contributed by atoms with Crippen LogP contribution < -0.4 is 9.64 Å². The maximum Gasteiger partial charge on any atom is 0.135 e. The summed E-state index contributed by atoms with van der Waals surface area (Å²) in [4.78, 5) is 6.90. The highest BCUT2D eigenvalue weighted by atomic mass is 16.5. The van der Waals surface area contributed by atoms with Crippen LogP contribution in [0.4, 0.5) is 5.82 Å². The predicted octanol–water partition coefficient (Wildman–Crippen LogP) is 3.38. The number of aromatic nitrogens is 1. The summed E-state index contributed by atoms with van der Waals surface area (Å²) in [5.74, 6) is 1.75. The molecule has 0 aliphatic carbocycles. The third kappa shape index (κ3) is 3.20. The number of phenols is 1. The zero-order valence-corrected chi connectivity index (χ0v) is 14.1. The van der Waals surface area contributed by atoms with E-state index in [0.717, 1.165) is 37.3 Å². The van der Waals surface area contributed by atoms with E-state index < -0.39 is 0 Å². The first kappa shape index (κ1) is 16.0. The summed E-state index contributed by atoms with van der Waals surface area (Å²) in [5, 5.41) is 9.93. The van der Waals surface area contributed by atoms with Crippen molar-refractivity contribution in [3.05, 3.63) is 54.2 Å². The molecule has 130 valence electrons. The van der Waals surface area contributed by atoms with Crippen LogP contribution >= 0.6 is 0 Å². The number of fused-ring (bicyclic) bond motifs is 2. The zero-order chi connectivity index (χ0) is 17.2. The molecule has 3 heterocycles. The van der Waals surface area contributed by atoms with Crippen LogP contribution in [0.3, 0.4) is 0 Å². The molecule has 0 saturated carbocycles. The van der Waals surface area contributed by atoms with Crippen LogP contribution in [0.25, 0.3) is 6.08 Å². The lowest BCUT2D eigenvalue weighted by molar-refractivity contribution is 0.0301. The number of aromatic hydroxyl groups is 1. The number of phenolic OH excluding ortho intramolecular Hbond substituents is 1. The fourth-order valence-electron chi connectivity index (χ4n) is 3.63. The summed E-state index contributed by atoms with van der Waals surface area (Å²) < 4.78 is 11.9. The molecule has 2 aromatic rings. The van der Waals surface area contributed by atoms with Gasteiger partial charge in [-0.15, -0.1) is 0 Å². The summed E-state index contributed by atoms with van der Waals surface area (Å²) in [6, 6.07) is 9.19. The molecule has 0 radical (unpaired) electrons. The van der Waals surface area contributed by atoms with Crippen molar-refractivity contribution in [1.29, 1.82) is 0 Å². The molecule has 5 heteroatoms. The fraction of sp³-hybridized carbons (Fsp3) is 0.350. The average molecular weight is 338 g/mol. The molecule has 1 aromatic heterocycles. The normalized spacial score (nSPS) is 22.0. The number of nitrogens with zero attached hydrogens (tertiary/aromatic N) is 2. The van der Waals surface area contributed by atoms with Gasteiger partial charge in [0.25, 0.3) is 0 Å². The van der Waals surface area contributed by atoms with Crippen LogP contribution in [-0.4, -0.2) is 35.4 Å². The van der Waals surface area contributed by atoms with Crippen LogP contribution in [0.2, 0.25) is 0 Å². The Bertz CT molecular complexity index is 765. The van der Waals surface area contributed by atoms with Gasteiger partial charge in [0.05, 0.1) is 17.8 Å². The minimum absolute atomic E-state index is 0.170. The molecular formula is C20H22N2O3. The van der Waals surface area contributed by atoms with Crippen molar-refractivity contribution in [3.8, 4) is 11.5 Å². The second-order valence-corrected chi connectivity index (χ2v) is 6.53. The number of morpholine rings is 1. The van der Waals surface area contributed by atoms with E-state index in [1.807, 2.05) is 24.4 Å². The van der Waals surface area contributed by atoms with E-state index in [-0.39, 0.29) is 5.75 Å². The molecule has 2 unspecified atom stereocenters. The number of rotatable bonds is 5. The topological polar surface area (TPSA) is 54.8 Å². The van der Waals surface area contributed by atoms with E-state index in [9.17, 15) is 5.11 Å². The Hall–Kier alpha value is -2.53. The summed E-state index contributed by atoms with van der Waals surface area (Å²) in [6.45, 7) is 5.90. The van der Waals surface area contributed by atoms with Gasteiger partial charge in [0.1, 0.15) is 23.9 Å². The summed E-state index contributed by atoms with van der Waals surface area (Å²) >= 11 is 0. The van der Waals surface area contributed by atoms with Crippen molar-refractivity contribution in [3.63, 3.8) is 0 Å². The minimum Gasteiger partial charge on any atom is -0.507 e. The number of ether oxygens (including phenoxy) is 2. The van der Waals surface area contributed by atoms with E-state index in [1.54, 1.807) is 18.2 Å². The maximum absolute atomic E-state index is 9.93. The van der Waals surface area contributed by atoms with Crippen molar-refractivity contribution in [2.45, 2.75) is 31.7 Å². The largest absolute Gasteiger partial charge is 0.507 e. The monoisotopic (exact) mass is 338 g/mol. The highest BCUT2D eigenvalue weighted by molar-refractivity contribution is 5.62. The fourth-order valence-corrected chi connectivity index (χ4v) is 3.63. The Morgan fingerprint density at radius 2 is 2.04 bits per heavy atom. The zero-order valence-electron chi connectivity index (χ0n) is 14.1. The SMILES string of the molecule is C=Cc1c(O)cccc1OCc1cccnc1N1CC2CCC(C1)O2. The third-order valence-electron chi connectivity index (χ3n) is 4.84. The molecular weight excluding hydrogens is 316 g/mol. The smallest absolute Gasteiger partial charge is 0.135 e. The third-order valence-corrected chi connectivity index (χ3v) is 4.84. The summed E-state index contributed by atoms with van der Waals surface area (Å²) in [7, 11) is 0. The first-order valence-corrected chi connectivity index (χ1v) is 8.66. The number of pyridine rings is 1. The lowest BCUT2D eigenvalue weighted by Crippen LogP contribution is -2.43. The molecule has 4 rings (SSSR count). The summed E-state index contributed by atoms with van der Waals surface area (Å²) in [6.07, 6.45) is 6.31. The lowest BCUT2D eigenvalue weighted by atomic mass is 10.1. The van der Waals surface area contributed by atoms with E-state index in [1.165, 1.54) is 0 Å². The van der Waals surface area contributed by atoms with E-state index >= 15 is 0 Å². The van der Waals surface area contributed by atoms with Gasteiger partial charge >= 0.3 is 0 Å². The van der Waals surface area contributed by atoms with Gasteiger partial charge in [-0.05, 0) is 31.0 Å². The molecule has 25 heavy (non-hydrogen) atoms. The van der Waals surface area contributed by atoms with Crippen LogP contribution in [0, 0.1) is 0 Å². The molecule has 2 aliphatic rings. The molecule has 0 amide bonds. The van der Waals surface area contributed by atoms with Crippen LogP contribution in [0.5, 0.6) is 11.5 Å². The lowest BCUT2D eigenvalue weighted by Gasteiger charge is -2.34. The van der Waals surface area contributed by atoms with E-state index in [2.05, 4.69) is 16.5 Å². The molecule has 2 saturated heterocycles. The van der Waals surface area contributed by atoms with Gasteiger partial charge in [0.2, 0.25) is 0 Å². The number of hydrogen-bond acceptors (Lipinski definition) is 5. The van der Waals surface area contributed by atoms with Crippen LogP contribution in [0.1, 0.15) is 24.0 Å². The predicted molar refractivity (Wildman–Crippen MR) is 96.9 cm³/mol. The Balaban J connectivity index is 1.54. The highest BCUT2D eigenvalue weighted by Crippen LogP contribution is 2.32. The van der Waals surface area contributed by atoms with Crippen molar-refractivity contribution in [2.24, 2.45) is 0 Å². The Morgan fingerprint density at radius 3 is 2.80 bits per heavy atom. The molecule has 0 spiro atoms. The van der Waals surface area contributed by atoms with E-state index in [4.69, 9.17) is 9.47 Å². The average Bonchev–Trinajstić information content (AvgIpc) is 2.98. The second kappa shape index (κ2) is 6.76. The molecule has 2 bridgehead atoms. The van der Waals surface area contributed by atoms with Crippen molar-refractivity contribution < 1.29 is 14.6 Å².